The van der Waals surface area contributed by atoms with Crippen molar-refractivity contribution >= 4 is 15.9 Å². The van der Waals surface area contributed by atoms with Crippen LogP contribution in [0.4, 0.5) is 22.0 Å². The Hall–Kier alpha value is -3.13. The average Bonchev–Trinajstić information content (AvgIpc) is 3.56. The maximum atomic E-state index is 14.2. The summed E-state index contributed by atoms with van der Waals surface area (Å²) in [4.78, 5) is 3.66. The summed E-state index contributed by atoms with van der Waals surface area (Å²) in [6.07, 6.45) is -4.41. The van der Waals surface area contributed by atoms with Gasteiger partial charge in [-0.15, -0.1) is 5.10 Å². The fourth-order valence-electron chi connectivity index (χ4n) is 3.86. The third-order valence-electron chi connectivity index (χ3n) is 5.67. The van der Waals surface area contributed by atoms with Gasteiger partial charge < -0.3 is 14.2 Å². The number of tetrazole rings is 1. The highest BCUT2D eigenvalue weighted by atomic mass is 79.9. The van der Waals surface area contributed by atoms with Crippen molar-refractivity contribution < 1.29 is 27.1 Å². The van der Waals surface area contributed by atoms with Crippen molar-refractivity contribution in [1.82, 2.24) is 34.7 Å². The number of aromatic amines is 1. The van der Waals surface area contributed by atoms with Gasteiger partial charge in [-0.05, 0) is 62.6 Å². The Balaban J connectivity index is 1.70. The average molecular weight is 574 g/mol. The number of hydrogen-bond acceptors (Lipinski definition) is 5. The molecule has 4 rings (SSSR count). The predicted molar refractivity (Wildman–Crippen MR) is 122 cm³/mol. The van der Waals surface area contributed by atoms with E-state index in [1.165, 1.54) is 4.57 Å². The van der Waals surface area contributed by atoms with Gasteiger partial charge in [-0.2, -0.15) is 22.0 Å². The Labute approximate surface area is 210 Å². The van der Waals surface area contributed by atoms with E-state index in [0.29, 0.717) is 29.9 Å². The van der Waals surface area contributed by atoms with Crippen LogP contribution in [0.1, 0.15) is 42.5 Å². The first-order valence-corrected chi connectivity index (χ1v) is 11.7. The Morgan fingerprint density at radius 3 is 2.36 bits per heavy atom. The zero-order valence-corrected chi connectivity index (χ0v) is 20.5. The van der Waals surface area contributed by atoms with Crippen LogP contribution in [0.2, 0.25) is 0 Å². The van der Waals surface area contributed by atoms with Gasteiger partial charge in [0.15, 0.2) is 5.82 Å². The maximum absolute atomic E-state index is 14.2. The molecule has 0 aliphatic carbocycles. The smallest absolute Gasteiger partial charge is 0.390 e. The minimum absolute atomic E-state index is 0.0398. The molecule has 0 radical (unpaired) electrons. The van der Waals surface area contributed by atoms with Crippen LogP contribution in [-0.4, -0.2) is 46.0 Å². The Bertz CT molecular complexity index is 1310. The van der Waals surface area contributed by atoms with Gasteiger partial charge in [0, 0.05) is 18.7 Å². The van der Waals surface area contributed by atoms with E-state index < -0.39 is 30.1 Å². The number of alkyl halides is 5. The van der Waals surface area contributed by atoms with Crippen LogP contribution in [0, 0.1) is 0 Å². The summed E-state index contributed by atoms with van der Waals surface area (Å²) in [6, 6.07) is 10.6. The van der Waals surface area contributed by atoms with Crippen LogP contribution in [0.3, 0.4) is 0 Å². The van der Waals surface area contributed by atoms with Crippen LogP contribution in [-0.2, 0) is 25.5 Å². The van der Waals surface area contributed by atoms with E-state index in [0.717, 1.165) is 10.3 Å². The molecule has 0 amide bonds. The van der Waals surface area contributed by atoms with Crippen molar-refractivity contribution in [2.45, 2.75) is 51.4 Å². The number of aliphatic hydroxyl groups is 1. The molecule has 0 unspecified atom stereocenters. The molecular weight excluding hydrogens is 553 g/mol. The molecule has 1 aromatic carbocycles. The number of halogens is 6. The summed E-state index contributed by atoms with van der Waals surface area (Å²) in [7, 11) is 0. The minimum Gasteiger partial charge on any atom is -0.390 e. The molecular formula is C22H21BrF5N7O. The molecule has 0 saturated carbocycles. The molecule has 0 bridgehead atoms. The van der Waals surface area contributed by atoms with Crippen LogP contribution < -0.4 is 0 Å². The van der Waals surface area contributed by atoms with Gasteiger partial charge >= 0.3 is 12.1 Å². The first kappa shape index (κ1) is 25.9. The third-order valence-corrected chi connectivity index (χ3v) is 6.28. The maximum Gasteiger partial charge on any atom is 0.459 e. The van der Waals surface area contributed by atoms with E-state index in [1.807, 2.05) is 23.6 Å². The SMILES string of the molecule is CCCCc1nc(C(F)(F)C(F)(F)F)c(CO)n1Cc1ccc(-n2c(Br)ccc2-c2nnn[nH]2)cc1. The van der Waals surface area contributed by atoms with Crippen molar-refractivity contribution in [1.29, 1.82) is 0 Å². The highest BCUT2D eigenvalue weighted by Gasteiger charge is 2.61. The normalized spacial score (nSPS) is 12.4. The van der Waals surface area contributed by atoms with E-state index >= 15 is 0 Å². The molecule has 14 heteroatoms. The first-order valence-electron chi connectivity index (χ1n) is 10.9. The number of hydrogen-bond donors (Lipinski definition) is 2. The van der Waals surface area contributed by atoms with Gasteiger partial charge in [0.2, 0.25) is 0 Å². The van der Waals surface area contributed by atoms with E-state index in [9.17, 15) is 27.1 Å². The highest BCUT2D eigenvalue weighted by Crippen LogP contribution is 2.45. The summed E-state index contributed by atoms with van der Waals surface area (Å²) in [5, 5.41) is 23.5. The number of rotatable bonds is 9. The lowest BCUT2D eigenvalue weighted by Crippen LogP contribution is -2.35. The van der Waals surface area contributed by atoms with Crippen molar-refractivity contribution in [2.24, 2.45) is 0 Å². The zero-order valence-electron chi connectivity index (χ0n) is 18.9. The van der Waals surface area contributed by atoms with E-state index in [4.69, 9.17) is 0 Å². The number of aryl methyl sites for hydroxylation is 1. The molecule has 0 fully saturated rings. The number of nitrogens with one attached hydrogen (secondary N) is 1. The standard InChI is InChI=1S/C22H21BrF5N7O/c1-2-3-4-18-29-19(21(24,25)22(26,27)28)16(12-36)34(18)11-13-5-7-14(8-6-13)35-15(9-10-17(35)23)20-30-32-33-31-20/h5-10,36H,2-4,11-12H2,1H3,(H,30,31,32,33). The van der Waals surface area contributed by atoms with Gasteiger partial charge in [0.1, 0.15) is 11.5 Å². The molecule has 3 aromatic heterocycles. The monoisotopic (exact) mass is 573 g/mol. The molecule has 0 atom stereocenters. The fourth-order valence-corrected chi connectivity index (χ4v) is 4.38. The number of imidazole rings is 1. The summed E-state index contributed by atoms with van der Waals surface area (Å²) in [5.74, 6) is -4.68. The van der Waals surface area contributed by atoms with Gasteiger partial charge in [-0.1, -0.05) is 25.5 Å². The Kier molecular flexibility index (Phi) is 7.27. The minimum atomic E-state index is -5.83. The van der Waals surface area contributed by atoms with Crippen molar-refractivity contribution in [3.63, 3.8) is 0 Å². The lowest BCUT2D eigenvalue weighted by molar-refractivity contribution is -0.291. The second-order valence-corrected chi connectivity index (χ2v) is 8.85. The number of nitrogens with zero attached hydrogens (tertiary/aromatic N) is 6. The largest absolute Gasteiger partial charge is 0.459 e. The van der Waals surface area contributed by atoms with Gasteiger partial charge in [-0.3, -0.25) is 0 Å². The number of benzene rings is 1. The van der Waals surface area contributed by atoms with Crippen LogP contribution in [0.25, 0.3) is 17.2 Å². The van der Waals surface area contributed by atoms with Gasteiger partial charge in [0.05, 0.1) is 22.6 Å². The zero-order chi connectivity index (χ0) is 26.1. The number of aliphatic hydroxyl groups excluding tert-OH is 1. The fraction of sp³-hybridized carbons (Fsp3) is 0.364. The highest BCUT2D eigenvalue weighted by molar-refractivity contribution is 9.10. The molecule has 4 aromatic rings. The van der Waals surface area contributed by atoms with E-state index in [-0.39, 0.29) is 18.8 Å². The van der Waals surface area contributed by atoms with Crippen molar-refractivity contribution in [3.05, 3.63) is 63.8 Å². The quantitative estimate of drug-likeness (QED) is 0.270. The van der Waals surface area contributed by atoms with Crippen LogP contribution in [0.15, 0.2) is 41.0 Å². The summed E-state index contributed by atoms with van der Waals surface area (Å²) in [5.41, 5.74) is 0.0161. The second-order valence-electron chi connectivity index (χ2n) is 8.04. The van der Waals surface area contributed by atoms with E-state index in [1.54, 1.807) is 24.3 Å². The molecule has 0 aliphatic heterocycles. The van der Waals surface area contributed by atoms with Gasteiger partial charge in [-0.25, -0.2) is 10.1 Å². The van der Waals surface area contributed by atoms with E-state index in [2.05, 4.69) is 41.5 Å². The third kappa shape index (κ3) is 4.78. The summed E-state index contributed by atoms with van der Waals surface area (Å²) < 4.78 is 71.6. The predicted octanol–water partition coefficient (Wildman–Crippen LogP) is 5.15. The topological polar surface area (TPSA) is 97.4 Å². The number of unbranched alkanes of at least 4 members (excludes halogenated alkanes) is 1. The molecule has 0 aliphatic rings. The lowest BCUT2D eigenvalue weighted by Gasteiger charge is -2.19. The van der Waals surface area contributed by atoms with Crippen molar-refractivity contribution in [2.75, 3.05) is 0 Å². The first-order chi connectivity index (χ1) is 17.1. The van der Waals surface area contributed by atoms with Crippen LogP contribution in [0.5, 0.6) is 0 Å². The molecule has 192 valence electrons. The lowest BCUT2D eigenvalue weighted by atomic mass is 10.1. The Morgan fingerprint density at radius 1 is 1.06 bits per heavy atom. The second kappa shape index (κ2) is 10.1. The molecule has 0 saturated heterocycles. The summed E-state index contributed by atoms with van der Waals surface area (Å²) in [6.45, 7) is 0.817. The molecule has 8 nitrogen and oxygen atoms in total. The summed E-state index contributed by atoms with van der Waals surface area (Å²) >= 11 is 3.48. The van der Waals surface area contributed by atoms with Crippen LogP contribution >= 0.6 is 15.9 Å². The van der Waals surface area contributed by atoms with Crippen molar-refractivity contribution in [3.8, 4) is 17.2 Å². The number of H-pyrrole nitrogens is 1. The Morgan fingerprint density at radius 2 is 1.78 bits per heavy atom. The molecule has 36 heavy (non-hydrogen) atoms. The molecule has 2 N–H and O–H groups in total. The molecule has 3 heterocycles. The van der Waals surface area contributed by atoms with Gasteiger partial charge in [0.25, 0.3) is 0 Å². The number of aromatic nitrogens is 7. The molecule has 0 spiro atoms.